The van der Waals surface area contributed by atoms with Crippen LogP contribution < -0.4 is 0 Å². The molecular weight excluding hydrogens is 196 g/mol. The molecule has 72 valence electrons. The molecule has 0 aliphatic rings. The summed E-state index contributed by atoms with van der Waals surface area (Å²) < 4.78 is 1.06. The molecule has 2 nitrogen and oxygen atoms in total. The van der Waals surface area contributed by atoms with Crippen molar-refractivity contribution in [3.05, 3.63) is 34.2 Å². The number of carboxylic acids is 1. The molecule has 0 aliphatic carbocycles. The number of carboxylic acid groups (broad SMARTS) is 1. The SMILES string of the molecule is Cc1ccc2c(C)c(C(=O)O)sc2c1. The molecule has 0 aliphatic heterocycles. The molecule has 0 bridgehead atoms. The molecule has 2 aromatic rings. The number of benzene rings is 1. The third-order valence-electron chi connectivity index (χ3n) is 2.29. The molecule has 3 heteroatoms. The van der Waals surface area contributed by atoms with Crippen LogP contribution in [-0.4, -0.2) is 11.1 Å². The molecule has 0 saturated heterocycles. The summed E-state index contributed by atoms with van der Waals surface area (Å²) in [6.07, 6.45) is 0. The van der Waals surface area contributed by atoms with Crippen LogP contribution in [-0.2, 0) is 0 Å². The van der Waals surface area contributed by atoms with Crippen LogP contribution >= 0.6 is 11.3 Å². The molecule has 2 rings (SSSR count). The molecule has 14 heavy (non-hydrogen) atoms. The van der Waals surface area contributed by atoms with Gasteiger partial charge in [0.25, 0.3) is 0 Å². The summed E-state index contributed by atoms with van der Waals surface area (Å²) in [6.45, 7) is 3.87. The average molecular weight is 206 g/mol. The van der Waals surface area contributed by atoms with Gasteiger partial charge in [-0.05, 0) is 36.4 Å². The first-order valence-electron chi connectivity index (χ1n) is 4.32. The van der Waals surface area contributed by atoms with Crippen LogP contribution in [0, 0.1) is 13.8 Å². The summed E-state index contributed by atoms with van der Waals surface area (Å²) in [4.78, 5) is 11.3. The van der Waals surface area contributed by atoms with Gasteiger partial charge < -0.3 is 5.11 Å². The highest BCUT2D eigenvalue weighted by molar-refractivity contribution is 7.21. The average Bonchev–Trinajstić information content (AvgIpc) is 2.43. The van der Waals surface area contributed by atoms with E-state index in [1.165, 1.54) is 11.3 Å². The van der Waals surface area contributed by atoms with E-state index in [1.54, 1.807) is 0 Å². The van der Waals surface area contributed by atoms with Crippen molar-refractivity contribution in [2.45, 2.75) is 13.8 Å². The Morgan fingerprint density at radius 1 is 1.36 bits per heavy atom. The number of thiophene rings is 1. The molecule has 0 amide bonds. The second-order valence-corrected chi connectivity index (χ2v) is 4.41. The summed E-state index contributed by atoms with van der Waals surface area (Å²) >= 11 is 1.35. The number of aryl methyl sites for hydroxylation is 2. The maximum Gasteiger partial charge on any atom is 0.346 e. The standard InChI is InChI=1S/C11H10O2S/c1-6-3-4-8-7(2)10(11(12)13)14-9(8)5-6/h3-5H,1-2H3,(H,12,13). The number of hydrogen-bond donors (Lipinski definition) is 1. The van der Waals surface area contributed by atoms with E-state index >= 15 is 0 Å². The molecule has 1 aromatic carbocycles. The topological polar surface area (TPSA) is 37.3 Å². The van der Waals surface area contributed by atoms with Gasteiger partial charge in [0.1, 0.15) is 4.88 Å². The number of fused-ring (bicyclic) bond motifs is 1. The lowest BCUT2D eigenvalue weighted by Gasteiger charge is -1.93. The zero-order valence-corrected chi connectivity index (χ0v) is 8.81. The van der Waals surface area contributed by atoms with E-state index in [9.17, 15) is 4.79 Å². The maximum atomic E-state index is 10.9. The molecular formula is C11H10O2S. The Morgan fingerprint density at radius 2 is 2.07 bits per heavy atom. The van der Waals surface area contributed by atoms with Crippen LogP contribution in [0.15, 0.2) is 18.2 Å². The summed E-state index contributed by atoms with van der Waals surface area (Å²) in [5.41, 5.74) is 2.04. The van der Waals surface area contributed by atoms with E-state index in [2.05, 4.69) is 0 Å². The molecule has 0 fully saturated rings. The van der Waals surface area contributed by atoms with Crippen molar-refractivity contribution < 1.29 is 9.90 Å². The van der Waals surface area contributed by atoms with Gasteiger partial charge in [-0.25, -0.2) is 4.79 Å². The minimum absolute atomic E-state index is 0.450. The fraction of sp³-hybridized carbons (Fsp3) is 0.182. The van der Waals surface area contributed by atoms with Gasteiger partial charge in [-0.1, -0.05) is 12.1 Å². The first kappa shape index (κ1) is 9.21. The third-order valence-corrected chi connectivity index (χ3v) is 3.53. The first-order chi connectivity index (χ1) is 6.59. The van der Waals surface area contributed by atoms with E-state index in [0.717, 1.165) is 21.2 Å². The van der Waals surface area contributed by atoms with Crippen molar-refractivity contribution >= 4 is 27.4 Å². The van der Waals surface area contributed by atoms with Crippen LogP contribution in [0.1, 0.15) is 20.8 Å². The van der Waals surface area contributed by atoms with Gasteiger partial charge in [0.15, 0.2) is 0 Å². The summed E-state index contributed by atoms with van der Waals surface area (Å²) in [6, 6.07) is 6.02. The predicted octanol–water partition coefficient (Wildman–Crippen LogP) is 3.22. The second kappa shape index (κ2) is 3.10. The monoisotopic (exact) mass is 206 g/mol. The number of rotatable bonds is 1. The Kier molecular flexibility index (Phi) is 2.04. The van der Waals surface area contributed by atoms with Crippen LogP contribution in [0.5, 0.6) is 0 Å². The molecule has 0 radical (unpaired) electrons. The Balaban J connectivity index is 2.79. The van der Waals surface area contributed by atoms with Crippen molar-refractivity contribution in [3.63, 3.8) is 0 Å². The van der Waals surface area contributed by atoms with Crippen molar-refractivity contribution in [1.82, 2.24) is 0 Å². The van der Waals surface area contributed by atoms with Gasteiger partial charge in [0.05, 0.1) is 0 Å². The van der Waals surface area contributed by atoms with Gasteiger partial charge >= 0.3 is 5.97 Å². The minimum atomic E-state index is -0.832. The highest BCUT2D eigenvalue weighted by Gasteiger charge is 2.13. The molecule has 1 aromatic heterocycles. The maximum absolute atomic E-state index is 10.9. The fourth-order valence-electron chi connectivity index (χ4n) is 1.54. The van der Waals surface area contributed by atoms with Crippen molar-refractivity contribution in [2.75, 3.05) is 0 Å². The van der Waals surface area contributed by atoms with Gasteiger partial charge in [0, 0.05) is 4.70 Å². The van der Waals surface area contributed by atoms with Crippen LogP contribution in [0.25, 0.3) is 10.1 Å². The van der Waals surface area contributed by atoms with Crippen molar-refractivity contribution in [3.8, 4) is 0 Å². The number of carbonyl (C=O) groups is 1. The van der Waals surface area contributed by atoms with E-state index in [1.807, 2.05) is 32.0 Å². The van der Waals surface area contributed by atoms with Gasteiger partial charge in [-0.15, -0.1) is 11.3 Å². The van der Waals surface area contributed by atoms with E-state index in [-0.39, 0.29) is 0 Å². The highest BCUT2D eigenvalue weighted by atomic mass is 32.1. The summed E-state index contributed by atoms with van der Waals surface area (Å²) in [5.74, 6) is -0.832. The van der Waals surface area contributed by atoms with Crippen LogP contribution in [0.2, 0.25) is 0 Å². The number of hydrogen-bond acceptors (Lipinski definition) is 2. The molecule has 0 unspecified atom stereocenters. The lowest BCUT2D eigenvalue weighted by molar-refractivity contribution is 0.0701. The second-order valence-electron chi connectivity index (χ2n) is 3.36. The normalized spacial score (nSPS) is 10.7. The summed E-state index contributed by atoms with van der Waals surface area (Å²) in [7, 11) is 0. The van der Waals surface area contributed by atoms with Crippen LogP contribution in [0.3, 0.4) is 0 Å². The summed E-state index contributed by atoms with van der Waals surface area (Å²) in [5, 5.41) is 10.0. The molecule has 0 spiro atoms. The zero-order chi connectivity index (χ0) is 10.3. The highest BCUT2D eigenvalue weighted by Crippen LogP contribution is 2.31. The first-order valence-corrected chi connectivity index (χ1v) is 5.14. The lowest BCUT2D eigenvalue weighted by atomic mass is 10.1. The Bertz CT molecular complexity index is 511. The van der Waals surface area contributed by atoms with Crippen molar-refractivity contribution in [1.29, 1.82) is 0 Å². The van der Waals surface area contributed by atoms with Crippen LogP contribution in [0.4, 0.5) is 0 Å². The quantitative estimate of drug-likeness (QED) is 0.777. The smallest absolute Gasteiger partial charge is 0.346 e. The largest absolute Gasteiger partial charge is 0.477 e. The minimum Gasteiger partial charge on any atom is -0.477 e. The Labute approximate surface area is 85.8 Å². The fourth-order valence-corrected chi connectivity index (χ4v) is 2.68. The Hall–Kier alpha value is -1.35. The third kappa shape index (κ3) is 1.30. The van der Waals surface area contributed by atoms with Gasteiger partial charge in [0.2, 0.25) is 0 Å². The van der Waals surface area contributed by atoms with E-state index < -0.39 is 5.97 Å². The molecule has 1 N–H and O–H groups in total. The predicted molar refractivity (Wildman–Crippen MR) is 58.3 cm³/mol. The van der Waals surface area contributed by atoms with E-state index in [0.29, 0.717) is 4.88 Å². The van der Waals surface area contributed by atoms with Crippen molar-refractivity contribution in [2.24, 2.45) is 0 Å². The van der Waals surface area contributed by atoms with Gasteiger partial charge in [-0.2, -0.15) is 0 Å². The Morgan fingerprint density at radius 3 is 2.71 bits per heavy atom. The van der Waals surface area contributed by atoms with Gasteiger partial charge in [-0.3, -0.25) is 0 Å². The zero-order valence-electron chi connectivity index (χ0n) is 8.00. The molecule has 0 atom stereocenters. The molecule has 1 heterocycles. The lowest BCUT2D eigenvalue weighted by Crippen LogP contribution is -1.93. The number of aromatic carboxylic acids is 1. The molecule has 0 saturated carbocycles. The van der Waals surface area contributed by atoms with E-state index in [4.69, 9.17) is 5.11 Å².